The lowest BCUT2D eigenvalue weighted by Crippen LogP contribution is -2.29. The number of amides is 4. The molecule has 8 nitrogen and oxygen atoms in total. The Morgan fingerprint density at radius 3 is 1.49 bits per heavy atom. The van der Waals surface area contributed by atoms with Crippen molar-refractivity contribution in [2.24, 2.45) is 0 Å². The first-order chi connectivity index (χ1) is 24.7. The SMILES string of the molecule is Cc1cccc(N2C(=O)c3ccc(Oc4ccc([C+](c5ccccc5)c5ccc(Oc6ccc7c(c6)C(=O)N(C)C7=O)cc5)cc4)cc3C2=O)c1. The first kappa shape index (κ1) is 31.3. The van der Waals surface area contributed by atoms with Gasteiger partial charge in [0.15, 0.2) is 0 Å². The summed E-state index contributed by atoms with van der Waals surface area (Å²) in [5, 5.41) is 0. The monoisotopic (exact) mass is 669 g/mol. The van der Waals surface area contributed by atoms with Crippen LogP contribution >= 0.6 is 0 Å². The summed E-state index contributed by atoms with van der Waals surface area (Å²) in [5.41, 5.74) is 5.76. The highest BCUT2D eigenvalue weighted by Gasteiger charge is 2.37. The fourth-order valence-electron chi connectivity index (χ4n) is 6.45. The number of carbonyl (C=O) groups excluding carboxylic acids is 4. The summed E-state index contributed by atoms with van der Waals surface area (Å²) >= 11 is 0. The van der Waals surface area contributed by atoms with Gasteiger partial charge in [-0.3, -0.25) is 24.1 Å². The van der Waals surface area contributed by atoms with Crippen molar-refractivity contribution in [2.75, 3.05) is 11.9 Å². The molecule has 0 atom stereocenters. The number of hydrogen-bond acceptors (Lipinski definition) is 6. The molecule has 0 bridgehead atoms. The minimum atomic E-state index is -0.383. The van der Waals surface area contributed by atoms with Crippen LogP contribution in [0.2, 0.25) is 0 Å². The summed E-state index contributed by atoms with van der Waals surface area (Å²) in [4.78, 5) is 53.5. The van der Waals surface area contributed by atoms with Crippen molar-refractivity contribution in [1.82, 2.24) is 4.90 Å². The molecule has 8 heteroatoms. The van der Waals surface area contributed by atoms with Crippen LogP contribution in [0, 0.1) is 12.8 Å². The third kappa shape index (κ3) is 5.68. The van der Waals surface area contributed by atoms with Gasteiger partial charge in [0.1, 0.15) is 23.0 Å². The zero-order valence-corrected chi connectivity index (χ0v) is 27.6. The van der Waals surface area contributed by atoms with Gasteiger partial charge >= 0.3 is 0 Å². The van der Waals surface area contributed by atoms with E-state index in [0.717, 1.165) is 33.1 Å². The van der Waals surface area contributed by atoms with Crippen LogP contribution in [0.4, 0.5) is 5.69 Å². The van der Waals surface area contributed by atoms with Gasteiger partial charge in [-0.15, -0.1) is 0 Å². The van der Waals surface area contributed by atoms with Gasteiger partial charge in [-0.1, -0.05) is 18.2 Å². The van der Waals surface area contributed by atoms with E-state index < -0.39 is 0 Å². The summed E-state index contributed by atoms with van der Waals surface area (Å²) < 4.78 is 12.2. The molecular formula is C43H29N2O6+. The van der Waals surface area contributed by atoms with E-state index in [-0.39, 0.29) is 23.6 Å². The molecule has 0 aromatic heterocycles. The van der Waals surface area contributed by atoms with Crippen molar-refractivity contribution in [3.8, 4) is 23.0 Å². The summed E-state index contributed by atoms with van der Waals surface area (Å²) in [6, 6.07) is 42.5. The van der Waals surface area contributed by atoms with E-state index in [1.807, 2.05) is 104 Å². The smallest absolute Gasteiger partial charge is 0.266 e. The Hall–Kier alpha value is -6.93. The molecule has 0 fully saturated rings. The molecule has 0 saturated heterocycles. The van der Waals surface area contributed by atoms with E-state index in [2.05, 4.69) is 0 Å². The molecule has 8 rings (SSSR count). The molecule has 246 valence electrons. The lowest BCUT2D eigenvalue weighted by atomic mass is 9.85. The van der Waals surface area contributed by atoms with Crippen LogP contribution in [0.3, 0.4) is 0 Å². The third-order valence-electron chi connectivity index (χ3n) is 9.00. The van der Waals surface area contributed by atoms with E-state index in [9.17, 15) is 19.2 Å². The van der Waals surface area contributed by atoms with Crippen LogP contribution in [0.1, 0.15) is 63.7 Å². The number of anilines is 1. The lowest BCUT2D eigenvalue weighted by molar-refractivity contribution is 0.0692. The van der Waals surface area contributed by atoms with E-state index in [1.165, 1.54) is 11.9 Å². The van der Waals surface area contributed by atoms with Gasteiger partial charge in [0.25, 0.3) is 23.6 Å². The molecule has 0 spiro atoms. The second kappa shape index (κ2) is 12.5. The zero-order chi connectivity index (χ0) is 35.2. The van der Waals surface area contributed by atoms with Gasteiger partial charge in [-0.2, -0.15) is 0 Å². The van der Waals surface area contributed by atoms with Crippen LogP contribution in [-0.2, 0) is 0 Å². The normalized spacial score (nSPS) is 13.4. The Bertz CT molecular complexity index is 2370. The van der Waals surface area contributed by atoms with Gasteiger partial charge in [0.2, 0.25) is 0 Å². The number of nitrogens with zero attached hydrogens (tertiary/aromatic N) is 2. The van der Waals surface area contributed by atoms with Gasteiger partial charge in [0.05, 0.1) is 50.5 Å². The summed E-state index contributed by atoms with van der Waals surface area (Å²) in [7, 11) is 1.47. The molecule has 2 heterocycles. The number of ether oxygens (including phenoxy) is 2. The van der Waals surface area contributed by atoms with Crippen LogP contribution in [0.25, 0.3) is 0 Å². The van der Waals surface area contributed by atoms with Crippen molar-refractivity contribution in [1.29, 1.82) is 0 Å². The average molecular weight is 670 g/mol. The molecular weight excluding hydrogens is 640 g/mol. The summed E-state index contributed by atoms with van der Waals surface area (Å²) in [6.07, 6.45) is 0. The molecule has 0 radical (unpaired) electrons. The van der Waals surface area contributed by atoms with Crippen LogP contribution in [-0.4, -0.2) is 35.6 Å². The molecule has 2 aliphatic rings. The Kier molecular flexibility index (Phi) is 7.69. The maximum absolute atomic E-state index is 13.3. The van der Waals surface area contributed by atoms with Crippen molar-refractivity contribution >= 4 is 29.3 Å². The van der Waals surface area contributed by atoms with E-state index in [4.69, 9.17) is 9.47 Å². The third-order valence-corrected chi connectivity index (χ3v) is 9.00. The number of aryl methyl sites for hydroxylation is 1. The highest BCUT2D eigenvalue weighted by molar-refractivity contribution is 6.34. The Labute approximate surface area is 294 Å². The van der Waals surface area contributed by atoms with Crippen molar-refractivity contribution < 1.29 is 28.7 Å². The maximum Gasteiger partial charge on any atom is 0.266 e. The number of fused-ring (bicyclic) bond motifs is 2. The van der Waals surface area contributed by atoms with Crippen molar-refractivity contribution in [2.45, 2.75) is 6.92 Å². The Morgan fingerprint density at radius 2 is 0.922 bits per heavy atom. The zero-order valence-electron chi connectivity index (χ0n) is 27.6. The summed E-state index contributed by atoms with van der Waals surface area (Å²) in [5.74, 6) is 1.65. The number of carbonyl (C=O) groups is 4. The van der Waals surface area contributed by atoms with Gasteiger partial charge in [-0.25, -0.2) is 4.90 Å². The Morgan fingerprint density at radius 1 is 0.451 bits per heavy atom. The molecule has 6 aromatic carbocycles. The molecule has 0 N–H and O–H groups in total. The van der Waals surface area contributed by atoms with Crippen molar-refractivity contribution in [3.05, 3.63) is 190 Å². The van der Waals surface area contributed by atoms with Crippen LogP contribution in [0.5, 0.6) is 23.0 Å². The predicted molar refractivity (Wildman–Crippen MR) is 192 cm³/mol. The number of hydrogen-bond donors (Lipinski definition) is 0. The predicted octanol–water partition coefficient (Wildman–Crippen LogP) is 8.63. The quantitative estimate of drug-likeness (QED) is 0.0916. The fourth-order valence-corrected chi connectivity index (χ4v) is 6.45. The topological polar surface area (TPSA) is 93.2 Å². The second-order valence-electron chi connectivity index (χ2n) is 12.4. The van der Waals surface area contributed by atoms with Crippen LogP contribution in [0.15, 0.2) is 140 Å². The first-order valence-corrected chi connectivity index (χ1v) is 16.3. The molecule has 0 aliphatic carbocycles. The van der Waals surface area contributed by atoms with Crippen molar-refractivity contribution in [3.63, 3.8) is 0 Å². The lowest BCUT2D eigenvalue weighted by Gasteiger charge is -2.15. The molecule has 4 amide bonds. The highest BCUT2D eigenvalue weighted by Crippen LogP contribution is 2.36. The van der Waals surface area contributed by atoms with Crippen LogP contribution < -0.4 is 14.4 Å². The molecule has 0 saturated carbocycles. The molecule has 2 aliphatic heterocycles. The highest BCUT2D eigenvalue weighted by atomic mass is 16.5. The Balaban J connectivity index is 1.01. The number of rotatable bonds is 8. The largest absolute Gasteiger partial charge is 0.456 e. The maximum atomic E-state index is 13.3. The number of benzene rings is 6. The van der Waals surface area contributed by atoms with Gasteiger partial charge in [0, 0.05) is 31.3 Å². The average Bonchev–Trinajstić information content (AvgIpc) is 3.52. The number of imide groups is 2. The standard InChI is InChI=1S/C43H29N2O6/c1-26-7-6-10-30(23-26)45-42(48)36-22-20-34(25-38(36)43(45)49)51-32-17-13-29(14-18-32)39(27-8-4-3-5-9-27)28-11-15-31(16-12-28)50-33-19-21-35-37(24-33)41(47)44(2)40(35)46/h3-25H,1-2H3/q+1. The minimum Gasteiger partial charge on any atom is -0.456 e. The molecule has 6 aromatic rings. The molecule has 51 heavy (non-hydrogen) atoms. The van der Waals surface area contributed by atoms with E-state index in [0.29, 0.717) is 50.9 Å². The first-order valence-electron chi connectivity index (χ1n) is 16.3. The van der Waals surface area contributed by atoms with E-state index in [1.54, 1.807) is 42.5 Å². The molecule has 0 unspecified atom stereocenters. The minimum absolute atomic E-state index is 0.301. The van der Waals surface area contributed by atoms with E-state index >= 15 is 0 Å². The van der Waals surface area contributed by atoms with Gasteiger partial charge in [-0.05, 0) is 110 Å². The van der Waals surface area contributed by atoms with Gasteiger partial charge < -0.3 is 9.47 Å². The second-order valence-corrected chi connectivity index (χ2v) is 12.4. The summed E-state index contributed by atoms with van der Waals surface area (Å²) in [6.45, 7) is 1.91. The fraction of sp³-hybridized carbons (Fsp3) is 0.0465.